The lowest BCUT2D eigenvalue weighted by atomic mass is 9.83. The number of pyridine rings is 1. The maximum atomic E-state index is 15.8. The van der Waals surface area contributed by atoms with Crippen LogP contribution in [0.5, 0.6) is 0 Å². The first-order valence-corrected chi connectivity index (χ1v) is 12.2. The third-order valence-electron chi connectivity index (χ3n) is 5.37. The highest BCUT2D eigenvalue weighted by Crippen LogP contribution is 2.34. The van der Waals surface area contributed by atoms with E-state index in [1.165, 1.54) is 30.3 Å². The standard InChI is InChI=1S/C23H24ClF2N3O4S/c1-23(2,3)18(28-22(30)31)11-15-13-29(20(19(15)25)17-8-5-9-27-21(17)26)34(32,33)16-7-4-6-14(10-16)12-24/h4-10,13,18,28H,11-12H2,1-3H3,(H,30,31). The van der Waals surface area contributed by atoms with Gasteiger partial charge in [-0.2, -0.15) is 4.39 Å². The van der Waals surface area contributed by atoms with Gasteiger partial charge in [0.25, 0.3) is 10.0 Å². The van der Waals surface area contributed by atoms with Crippen molar-refractivity contribution in [1.82, 2.24) is 14.3 Å². The first-order chi connectivity index (χ1) is 15.9. The molecule has 2 heterocycles. The summed E-state index contributed by atoms with van der Waals surface area (Å²) in [4.78, 5) is 14.7. The van der Waals surface area contributed by atoms with Gasteiger partial charge in [0.15, 0.2) is 5.82 Å². The Morgan fingerprint density at radius 3 is 2.53 bits per heavy atom. The van der Waals surface area contributed by atoms with Crippen molar-refractivity contribution in [3.05, 3.63) is 71.7 Å². The van der Waals surface area contributed by atoms with E-state index < -0.39 is 45.0 Å². The van der Waals surface area contributed by atoms with E-state index in [2.05, 4.69) is 10.3 Å². The number of nitrogens with zero attached hydrogens (tertiary/aromatic N) is 2. The van der Waals surface area contributed by atoms with Gasteiger partial charge in [-0.25, -0.2) is 26.6 Å². The van der Waals surface area contributed by atoms with Gasteiger partial charge in [0.2, 0.25) is 5.95 Å². The fourth-order valence-corrected chi connectivity index (χ4v) is 5.12. The number of alkyl halides is 1. The zero-order valence-electron chi connectivity index (χ0n) is 18.7. The van der Waals surface area contributed by atoms with Gasteiger partial charge in [-0.15, -0.1) is 11.6 Å². The first kappa shape index (κ1) is 25.6. The minimum atomic E-state index is -4.38. The van der Waals surface area contributed by atoms with Gasteiger partial charge in [-0.3, -0.25) is 0 Å². The molecule has 0 bridgehead atoms. The van der Waals surface area contributed by atoms with Crippen molar-refractivity contribution in [1.29, 1.82) is 0 Å². The summed E-state index contributed by atoms with van der Waals surface area (Å²) in [5, 5.41) is 11.6. The molecule has 0 saturated heterocycles. The summed E-state index contributed by atoms with van der Waals surface area (Å²) >= 11 is 5.84. The van der Waals surface area contributed by atoms with Crippen LogP contribution in [-0.2, 0) is 22.3 Å². The molecule has 3 aromatic rings. The lowest BCUT2D eigenvalue weighted by molar-refractivity contribution is 0.174. The zero-order valence-corrected chi connectivity index (χ0v) is 20.3. The van der Waals surface area contributed by atoms with Gasteiger partial charge in [-0.05, 0) is 41.7 Å². The van der Waals surface area contributed by atoms with Crippen LogP contribution in [0.25, 0.3) is 11.3 Å². The van der Waals surface area contributed by atoms with E-state index in [4.69, 9.17) is 11.6 Å². The van der Waals surface area contributed by atoms with Crippen LogP contribution in [0, 0.1) is 17.2 Å². The third-order valence-corrected chi connectivity index (χ3v) is 7.34. The number of amides is 1. The van der Waals surface area contributed by atoms with Crippen LogP contribution >= 0.6 is 11.6 Å². The lowest BCUT2D eigenvalue weighted by Crippen LogP contribution is -2.44. The quantitative estimate of drug-likeness (QED) is 0.342. The normalized spacial score (nSPS) is 13.0. The summed E-state index contributed by atoms with van der Waals surface area (Å²) in [7, 11) is -4.38. The van der Waals surface area contributed by atoms with Crippen LogP contribution in [0.2, 0.25) is 0 Å². The summed E-state index contributed by atoms with van der Waals surface area (Å²) in [6, 6.07) is 7.65. The number of carbonyl (C=O) groups is 1. The van der Waals surface area contributed by atoms with Crippen molar-refractivity contribution in [3.8, 4) is 11.3 Å². The highest BCUT2D eigenvalue weighted by Gasteiger charge is 2.32. The van der Waals surface area contributed by atoms with Crippen molar-refractivity contribution in [2.75, 3.05) is 0 Å². The lowest BCUT2D eigenvalue weighted by Gasteiger charge is -2.30. The summed E-state index contributed by atoms with van der Waals surface area (Å²) in [6.07, 6.45) is 0.752. The Bertz CT molecular complexity index is 1320. The zero-order chi connectivity index (χ0) is 25.3. The molecule has 3 rings (SSSR count). The predicted octanol–water partition coefficient (Wildman–Crippen LogP) is 5.03. The second kappa shape index (κ2) is 9.71. The molecule has 2 N–H and O–H groups in total. The van der Waals surface area contributed by atoms with Crippen LogP contribution in [0.3, 0.4) is 0 Å². The number of nitrogens with one attached hydrogen (secondary N) is 1. The second-order valence-corrected chi connectivity index (χ2v) is 10.9. The van der Waals surface area contributed by atoms with Crippen molar-refractivity contribution < 1.29 is 27.1 Å². The number of halogens is 3. The molecule has 7 nitrogen and oxygen atoms in total. The average Bonchev–Trinajstić information content (AvgIpc) is 3.09. The Morgan fingerprint density at radius 1 is 1.24 bits per heavy atom. The van der Waals surface area contributed by atoms with Gasteiger partial charge in [0, 0.05) is 29.9 Å². The summed E-state index contributed by atoms with van der Waals surface area (Å²) in [6.45, 7) is 5.29. The number of hydrogen-bond acceptors (Lipinski definition) is 4. The third kappa shape index (κ3) is 5.23. The van der Waals surface area contributed by atoms with Crippen LogP contribution in [0.4, 0.5) is 13.6 Å². The van der Waals surface area contributed by atoms with E-state index in [1.54, 1.807) is 26.8 Å². The molecule has 1 atom stereocenters. The number of hydrogen-bond donors (Lipinski definition) is 2. The molecular formula is C23H24ClF2N3O4S. The van der Waals surface area contributed by atoms with E-state index in [9.17, 15) is 22.7 Å². The van der Waals surface area contributed by atoms with E-state index in [1.807, 2.05) is 0 Å². The highest BCUT2D eigenvalue weighted by molar-refractivity contribution is 7.90. The Hall–Kier alpha value is -2.98. The number of rotatable bonds is 7. The average molecular weight is 512 g/mol. The van der Waals surface area contributed by atoms with Crippen molar-refractivity contribution in [2.24, 2.45) is 5.41 Å². The molecule has 0 spiro atoms. The summed E-state index contributed by atoms with van der Waals surface area (Å²) in [5.74, 6) is -1.97. The largest absolute Gasteiger partial charge is 0.465 e. The topological polar surface area (TPSA) is 101 Å². The Labute approximate surface area is 201 Å². The molecule has 0 saturated carbocycles. The van der Waals surface area contributed by atoms with Crippen LogP contribution < -0.4 is 5.32 Å². The Balaban J connectivity index is 2.25. The summed E-state index contributed by atoms with van der Waals surface area (Å²) < 4.78 is 58.1. The molecule has 0 radical (unpaired) electrons. The molecule has 0 fully saturated rings. The molecule has 1 unspecified atom stereocenters. The van der Waals surface area contributed by atoms with E-state index in [-0.39, 0.29) is 28.3 Å². The summed E-state index contributed by atoms with van der Waals surface area (Å²) in [5.41, 5.74) is -1.06. The fourth-order valence-electron chi connectivity index (χ4n) is 3.49. The molecule has 34 heavy (non-hydrogen) atoms. The molecule has 2 aromatic heterocycles. The van der Waals surface area contributed by atoms with Crippen molar-refractivity contribution in [2.45, 2.75) is 44.0 Å². The maximum Gasteiger partial charge on any atom is 0.404 e. The highest BCUT2D eigenvalue weighted by atomic mass is 35.5. The SMILES string of the molecule is CC(C)(C)C(Cc1cn(S(=O)(=O)c2cccc(CCl)c2)c(-c2cccnc2F)c1F)NC(=O)O. The maximum absolute atomic E-state index is 15.8. The number of benzene rings is 1. The van der Waals surface area contributed by atoms with E-state index in [0.717, 1.165) is 12.4 Å². The molecule has 0 aliphatic carbocycles. The first-order valence-electron chi connectivity index (χ1n) is 10.3. The fraction of sp³-hybridized carbons (Fsp3) is 0.304. The van der Waals surface area contributed by atoms with Gasteiger partial charge < -0.3 is 10.4 Å². The van der Waals surface area contributed by atoms with Crippen molar-refractivity contribution in [3.63, 3.8) is 0 Å². The molecular weight excluding hydrogens is 488 g/mol. The van der Waals surface area contributed by atoms with Gasteiger partial charge >= 0.3 is 6.09 Å². The van der Waals surface area contributed by atoms with Crippen LogP contribution in [-0.4, -0.2) is 34.6 Å². The van der Waals surface area contributed by atoms with Gasteiger partial charge in [0.05, 0.1) is 10.5 Å². The van der Waals surface area contributed by atoms with Crippen LogP contribution in [0.1, 0.15) is 31.9 Å². The molecule has 1 aromatic carbocycles. The van der Waals surface area contributed by atoms with E-state index in [0.29, 0.717) is 9.54 Å². The van der Waals surface area contributed by atoms with Gasteiger partial charge in [-0.1, -0.05) is 32.9 Å². The Morgan fingerprint density at radius 2 is 1.94 bits per heavy atom. The molecule has 11 heteroatoms. The predicted molar refractivity (Wildman–Crippen MR) is 124 cm³/mol. The van der Waals surface area contributed by atoms with Crippen molar-refractivity contribution >= 4 is 27.7 Å². The minimum Gasteiger partial charge on any atom is -0.465 e. The smallest absolute Gasteiger partial charge is 0.404 e. The monoisotopic (exact) mass is 511 g/mol. The number of aromatic nitrogens is 2. The second-order valence-electron chi connectivity index (χ2n) is 8.81. The molecule has 0 aliphatic rings. The molecule has 1 amide bonds. The molecule has 182 valence electrons. The van der Waals surface area contributed by atoms with E-state index >= 15 is 4.39 Å². The van der Waals surface area contributed by atoms with Gasteiger partial charge in [0.1, 0.15) is 5.69 Å². The molecule has 0 aliphatic heterocycles. The van der Waals surface area contributed by atoms with Crippen LogP contribution in [0.15, 0.2) is 53.7 Å². The number of carboxylic acid groups (broad SMARTS) is 1. The minimum absolute atomic E-state index is 0.0624. The Kier molecular flexibility index (Phi) is 7.32.